The van der Waals surface area contributed by atoms with Crippen LogP contribution in [0.4, 0.5) is 0 Å². The van der Waals surface area contributed by atoms with Gasteiger partial charge >= 0.3 is 0 Å². The second-order valence-corrected chi connectivity index (χ2v) is 6.19. The summed E-state index contributed by atoms with van der Waals surface area (Å²) in [6.07, 6.45) is 4.06. The van der Waals surface area contributed by atoms with Gasteiger partial charge in [0.1, 0.15) is 0 Å². The average Bonchev–Trinajstić information content (AvgIpc) is 3.04. The van der Waals surface area contributed by atoms with E-state index in [1.807, 2.05) is 17.9 Å². The highest BCUT2D eigenvalue weighted by molar-refractivity contribution is 5.77. The van der Waals surface area contributed by atoms with Gasteiger partial charge in [-0.15, -0.1) is 0 Å². The molecule has 1 N–H and O–H groups in total. The number of rotatable bonds is 5. The fraction of sp³-hybridized carbons (Fsp3) is 0.588. The van der Waals surface area contributed by atoms with Gasteiger partial charge in [0.15, 0.2) is 5.65 Å². The zero-order valence-corrected chi connectivity index (χ0v) is 14.2. The molecule has 0 aliphatic carbocycles. The van der Waals surface area contributed by atoms with E-state index in [4.69, 9.17) is 4.74 Å². The van der Waals surface area contributed by atoms with Gasteiger partial charge in [-0.2, -0.15) is 0 Å². The molecule has 0 bridgehead atoms. The molecule has 24 heavy (non-hydrogen) atoms. The molecule has 0 saturated carbocycles. The van der Waals surface area contributed by atoms with E-state index in [0.717, 1.165) is 43.6 Å². The smallest absolute Gasteiger partial charge is 0.272 e. The number of methoxy groups -OCH3 is 1. The normalized spacial score (nSPS) is 18.2. The van der Waals surface area contributed by atoms with Gasteiger partial charge in [0.25, 0.3) is 5.56 Å². The molecule has 1 atom stereocenters. The summed E-state index contributed by atoms with van der Waals surface area (Å²) < 4.78 is 6.48. The second-order valence-electron chi connectivity index (χ2n) is 6.19. The van der Waals surface area contributed by atoms with Gasteiger partial charge in [0.05, 0.1) is 24.8 Å². The molecule has 0 aromatic carbocycles. The third kappa shape index (κ3) is 3.21. The lowest BCUT2D eigenvalue weighted by Gasteiger charge is -2.35. The summed E-state index contributed by atoms with van der Waals surface area (Å²) in [5.41, 5.74) is 2.15. The van der Waals surface area contributed by atoms with Gasteiger partial charge < -0.3 is 9.64 Å². The van der Waals surface area contributed by atoms with Gasteiger partial charge in [-0.1, -0.05) is 6.92 Å². The van der Waals surface area contributed by atoms with E-state index in [0.29, 0.717) is 18.7 Å². The number of carbonyl (C=O) groups is 1. The fourth-order valence-electron chi connectivity index (χ4n) is 3.30. The van der Waals surface area contributed by atoms with Crippen LogP contribution in [0.2, 0.25) is 0 Å². The molecule has 3 heterocycles. The number of nitrogens with zero attached hydrogens (tertiary/aromatic N) is 3. The van der Waals surface area contributed by atoms with Crippen LogP contribution >= 0.6 is 0 Å². The first-order chi connectivity index (χ1) is 11.6. The summed E-state index contributed by atoms with van der Waals surface area (Å²) in [5.74, 6) is 0.0924. The van der Waals surface area contributed by atoms with Crippen molar-refractivity contribution < 1.29 is 9.53 Å². The molecule has 1 fully saturated rings. The molecule has 1 aliphatic heterocycles. The first kappa shape index (κ1) is 16.7. The molecule has 1 saturated heterocycles. The van der Waals surface area contributed by atoms with Gasteiger partial charge in [0, 0.05) is 31.5 Å². The summed E-state index contributed by atoms with van der Waals surface area (Å²) in [6.45, 7) is 3.14. The minimum atomic E-state index is -0.115. The number of aromatic amines is 1. The molecule has 7 nitrogen and oxygen atoms in total. The van der Waals surface area contributed by atoms with Crippen LogP contribution in [0.15, 0.2) is 16.9 Å². The van der Waals surface area contributed by atoms with E-state index in [2.05, 4.69) is 10.1 Å². The van der Waals surface area contributed by atoms with Crippen molar-refractivity contribution in [3.05, 3.63) is 33.9 Å². The van der Waals surface area contributed by atoms with Crippen LogP contribution in [-0.4, -0.2) is 45.7 Å². The lowest BCUT2D eigenvalue weighted by atomic mass is 9.99. The average molecular weight is 332 g/mol. The Morgan fingerprint density at radius 3 is 3.00 bits per heavy atom. The highest BCUT2D eigenvalue weighted by Gasteiger charge is 2.29. The van der Waals surface area contributed by atoms with Gasteiger partial charge in [0.2, 0.25) is 5.91 Å². The number of H-pyrrole nitrogens is 1. The zero-order valence-electron chi connectivity index (χ0n) is 14.2. The van der Waals surface area contributed by atoms with Gasteiger partial charge in [-0.3, -0.25) is 14.7 Å². The van der Waals surface area contributed by atoms with Crippen LogP contribution in [-0.2, 0) is 16.0 Å². The fourth-order valence-corrected chi connectivity index (χ4v) is 3.30. The molecule has 0 spiro atoms. The monoisotopic (exact) mass is 332 g/mol. The molecule has 2 aromatic rings. The minimum Gasteiger partial charge on any atom is -0.384 e. The van der Waals surface area contributed by atoms with Crippen LogP contribution in [0.1, 0.15) is 50.0 Å². The van der Waals surface area contributed by atoms with Crippen molar-refractivity contribution in [3.63, 3.8) is 0 Å². The number of aromatic nitrogens is 3. The Hall–Kier alpha value is -2.15. The van der Waals surface area contributed by atoms with Crippen LogP contribution in [0, 0.1) is 0 Å². The second kappa shape index (κ2) is 7.17. The Labute approximate surface area is 140 Å². The third-order valence-corrected chi connectivity index (χ3v) is 4.59. The standard InChI is InChI=1S/C17H24N4O3/c1-3-12-10-17(23)21-15(18-12)11-13(19-21)14-6-4-5-8-20(14)16(22)7-9-24-2/h10-11,14,19H,3-9H2,1-2H3/t14-/m0/s1. The first-order valence-electron chi connectivity index (χ1n) is 8.54. The summed E-state index contributed by atoms with van der Waals surface area (Å²) in [6, 6.07) is 3.41. The Morgan fingerprint density at radius 1 is 1.42 bits per heavy atom. The molecule has 0 radical (unpaired) electrons. The Balaban J connectivity index is 1.93. The number of piperidine rings is 1. The number of ether oxygens (including phenoxy) is 1. The SMILES string of the molecule is CCc1cc(=O)n2[nH]c([C@@H]3CCCCN3C(=O)CCOC)cc2n1. The van der Waals surface area contributed by atoms with Crippen molar-refractivity contribution in [2.24, 2.45) is 0 Å². The number of nitrogens with one attached hydrogen (secondary N) is 1. The van der Waals surface area contributed by atoms with Crippen LogP contribution in [0.3, 0.4) is 0 Å². The number of amides is 1. The first-order valence-corrected chi connectivity index (χ1v) is 8.54. The summed E-state index contributed by atoms with van der Waals surface area (Å²) >= 11 is 0. The Morgan fingerprint density at radius 2 is 2.25 bits per heavy atom. The number of hydrogen-bond acceptors (Lipinski definition) is 4. The highest BCUT2D eigenvalue weighted by Crippen LogP contribution is 2.30. The van der Waals surface area contributed by atoms with E-state index >= 15 is 0 Å². The molecular weight excluding hydrogens is 308 g/mol. The maximum atomic E-state index is 12.5. The molecule has 3 rings (SSSR count). The summed E-state index contributed by atoms with van der Waals surface area (Å²) in [5, 5.41) is 3.14. The zero-order chi connectivity index (χ0) is 17.1. The molecule has 1 amide bonds. The van der Waals surface area contributed by atoms with E-state index in [1.54, 1.807) is 13.2 Å². The lowest BCUT2D eigenvalue weighted by molar-refractivity contribution is -0.136. The summed E-state index contributed by atoms with van der Waals surface area (Å²) in [4.78, 5) is 31.1. The van der Waals surface area contributed by atoms with Crippen molar-refractivity contribution in [3.8, 4) is 0 Å². The highest BCUT2D eigenvalue weighted by atomic mass is 16.5. The maximum Gasteiger partial charge on any atom is 0.272 e. The number of likely N-dealkylation sites (tertiary alicyclic amines) is 1. The molecule has 1 aliphatic rings. The van der Waals surface area contributed by atoms with Crippen molar-refractivity contribution in [1.29, 1.82) is 0 Å². The van der Waals surface area contributed by atoms with E-state index < -0.39 is 0 Å². The molecule has 130 valence electrons. The van der Waals surface area contributed by atoms with E-state index in [-0.39, 0.29) is 17.5 Å². The van der Waals surface area contributed by atoms with E-state index in [1.165, 1.54) is 4.52 Å². The van der Waals surface area contributed by atoms with E-state index in [9.17, 15) is 9.59 Å². The lowest BCUT2D eigenvalue weighted by Crippen LogP contribution is -2.39. The number of carbonyl (C=O) groups excluding carboxylic acids is 1. The van der Waals surface area contributed by atoms with Gasteiger partial charge in [-0.05, 0) is 25.7 Å². The van der Waals surface area contributed by atoms with Crippen molar-refractivity contribution >= 4 is 11.6 Å². The topological polar surface area (TPSA) is 79.7 Å². The molecule has 7 heteroatoms. The Bertz CT molecular complexity index is 780. The quantitative estimate of drug-likeness (QED) is 0.903. The van der Waals surface area contributed by atoms with Crippen molar-refractivity contribution in [1.82, 2.24) is 19.5 Å². The third-order valence-electron chi connectivity index (χ3n) is 4.59. The van der Waals surface area contributed by atoms with Crippen molar-refractivity contribution in [2.45, 2.75) is 45.1 Å². The number of hydrogen-bond donors (Lipinski definition) is 1. The van der Waals surface area contributed by atoms with Crippen LogP contribution in [0.25, 0.3) is 5.65 Å². The predicted octanol–water partition coefficient (Wildman–Crippen LogP) is 1.68. The number of fused-ring (bicyclic) bond motifs is 1. The number of aryl methyl sites for hydroxylation is 1. The van der Waals surface area contributed by atoms with Crippen LogP contribution < -0.4 is 5.56 Å². The van der Waals surface area contributed by atoms with Gasteiger partial charge in [-0.25, -0.2) is 9.50 Å². The largest absolute Gasteiger partial charge is 0.384 e. The van der Waals surface area contributed by atoms with Crippen LogP contribution in [0.5, 0.6) is 0 Å². The minimum absolute atomic E-state index is 0.0331. The Kier molecular flexibility index (Phi) is 4.99. The predicted molar refractivity (Wildman–Crippen MR) is 90.0 cm³/mol. The molecule has 0 unspecified atom stereocenters. The maximum absolute atomic E-state index is 12.5. The summed E-state index contributed by atoms with van der Waals surface area (Å²) in [7, 11) is 1.60. The molecular formula is C17H24N4O3. The molecule has 2 aromatic heterocycles. The van der Waals surface area contributed by atoms with Crippen molar-refractivity contribution in [2.75, 3.05) is 20.3 Å².